The first-order valence-corrected chi connectivity index (χ1v) is 4.27. The van der Waals surface area contributed by atoms with Crippen LogP contribution in [0.5, 0.6) is 0 Å². The zero-order valence-electron chi connectivity index (χ0n) is 7.95. The van der Waals surface area contributed by atoms with Gasteiger partial charge < -0.3 is 10.5 Å². The van der Waals surface area contributed by atoms with Crippen molar-refractivity contribution < 1.29 is 4.74 Å². The van der Waals surface area contributed by atoms with Gasteiger partial charge >= 0.3 is 0 Å². The zero-order chi connectivity index (χ0) is 9.68. The van der Waals surface area contributed by atoms with Crippen LogP contribution in [0.3, 0.4) is 0 Å². The summed E-state index contributed by atoms with van der Waals surface area (Å²) in [5.41, 5.74) is 5.45. The molecule has 13 heavy (non-hydrogen) atoms. The average Bonchev–Trinajstić information content (AvgIpc) is 2.03. The lowest BCUT2D eigenvalue weighted by Gasteiger charge is -2.02. The molecule has 0 unspecified atom stereocenters. The van der Waals surface area contributed by atoms with Crippen molar-refractivity contribution in [3.05, 3.63) is 11.6 Å². The van der Waals surface area contributed by atoms with Gasteiger partial charge in [0.2, 0.25) is 5.95 Å². The molecule has 0 spiro atoms. The molecular weight excluding hydrogens is 168 g/mol. The van der Waals surface area contributed by atoms with Crippen LogP contribution < -0.4 is 5.73 Å². The molecule has 5 nitrogen and oxygen atoms in total. The minimum Gasteiger partial charge on any atom is -0.373 e. The number of ether oxygens (including phenoxy) is 1. The molecular formula is C8H14N4O. The third-order valence-corrected chi connectivity index (χ3v) is 1.39. The molecule has 0 aromatic carbocycles. The van der Waals surface area contributed by atoms with Crippen LogP contribution in [0.25, 0.3) is 0 Å². The van der Waals surface area contributed by atoms with Crippen LogP contribution in [0.1, 0.15) is 25.0 Å². The molecule has 0 aliphatic rings. The quantitative estimate of drug-likeness (QED) is 0.693. The highest BCUT2D eigenvalue weighted by atomic mass is 16.5. The van der Waals surface area contributed by atoms with Crippen molar-refractivity contribution in [2.75, 3.05) is 12.3 Å². The number of anilines is 1. The monoisotopic (exact) mass is 182 g/mol. The van der Waals surface area contributed by atoms with E-state index in [2.05, 4.69) is 15.0 Å². The van der Waals surface area contributed by atoms with Gasteiger partial charge in [-0.1, -0.05) is 6.92 Å². The summed E-state index contributed by atoms with van der Waals surface area (Å²) in [5, 5.41) is 0. The van der Waals surface area contributed by atoms with Crippen LogP contribution >= 0.6 is 0 Å². The summed E-state index contributed by atoms with van der Waals surface area (Å²) in [5.74, 6) is 1.48. The van der Waals surface area contributed by atoms with E-state index in [-0.39, 0.29) is 5.95 Å². The number of hydrogen-bond donors (Lipinski definition) is 1. The number of nitrogens with two attached hydrogens (primary N) is 1. The summed E-state index contributed by atoms with van der Waals surface area (Å²) in [6, 6.07) is 0. The molecule has 1 heterocycles. The Balaban J connectivity index is 2.56. The van der Waals surface area contributed by atoms with E-state index in [1.807, 2.05) is 6.92 Å². The second-order valence-electron chi connectivity index (χ2n) is 2.71. The van der Waals surface area contributed by atoms with Crippen molar-refractivity contribution in [3.8, 4) is 0 Å². The van der Waals surface area contributed by atoms with Crippen LogP contribution in [-0.4, -0.2) is 21.6 Å². The Morgan fingerprint density at radius 2 is 2.08 bits per heavy atom. The van der Waals surface area contributed by atoms with Crippen LogP contribution in [0.15, 0.2) is 0 Å². The van der Waals surface area contributed by atoms with Gasteiger partial charge in [-0.2, -0.15) is 9.97 Å². The first-order chi connectivity index (χ1) is 6.22. The van der Waals surface area contributed by atoms with Crippen molar-refractivity contribution in [2.45, 2.75) is 26.9 Å². The molecule has 0 aliphatic carbocycles. The summed E-state index contributed by atoms with van der Waals surface area (Å²) in [6.07, 6.45) is 0.986. The standard InChI is InChI=1S/C8H14N4O/c1-3-4-13-5-7-10-6(2)11-8(9)12-7/h3-5H2,1-2H3,(H2,9,10,11,12). The summed E-state index contributed by atoms with van der Waals surface area (Å²) in [6.45, 7) is 4.94. The average molecular weight is 182 g/mol. The van der Waals surface area contributed by atoms with E-state index in [0.29, 0.717) is 24.9 Å². The molecule has 0 saturated heterocycles. The molecule has 0 radical (unpaired) electrons. The lowest BCUT2D eigenvalue weighted by molar-refractivity contribution is 0.116. The number of aryl methyl sites for hydroxylation is 1. The molecule has 0 bridgehead atoms. The first kappa shape index (κ1) is 9.85. The summed E-state index contributed by atoms with van der Waals surface area (Å²) in [7, 11) is 0. The van der Waals surface area contributed by atoms with Gasteiger partial charge in [-0.05, 0) is 13.3 Å². The van der Waals surface area contributed by atoms with Gasteiger partial charge in [-0.3, -0.25) is 0 Å². The maximum atomic E-state index is 5.45. The maximum absolute atomic E-state index is 5.45. The van der Waals surface area contributed by atoms with E-state index in [9.17, 15) is 0 Å². The largest absolute Gasteiger partial charge is 0.373 e. The normalized spacial score (nSPS) is 10.3. The van der Waals surface area contributed by atoms with E-state index in [4.69, 9.17) is 10.5 Å². The van der Waals surface area contributed by atoms with Crippen LogP contribution in [-0.2, 0) is 11.3 Å². The number of rotatable bonds is 4. The highest BCUT2D eigenvalue weighted by molar-refractivity contribution is 5.14. The fourth-order valence-electron chi connectivity index (χ4n) is 0.932. The number of hydrogen-bond acceptors (Lipinski definition) is 5. The molecule has 1 aromatic rings. The Hall–Kier alpha value is -1.23. The van der Waals surface area contributed by atoms with Gasteiger partial charge in [0.15, 0.2) is 5.82 Å². The van der Waals surface area contributed by atoms with E-state index in [1.165, 1.54) is 0 Å². The Morgan fingerprint density at radius 3 is 2.69 bits per heavy atom. The predicted molar refractivity (Wildman–Crippen MR) is 48.9 cm³/mol. The molecule has 72 valence electrons. The van der Waals surface area contributed by atoms with Gasteiger partial charge in [-0.25, -0.2) is 4.98 Å². The van der Waals surface area contributed by atoms with Crippen molar-refractivity contribution in [3.63, 3.8) is 0 Å². The predicted octanol–water partition coefficient (Wildman–Crippen LogP) is 0.689. The highest BCUT2D eigenvalue weighted by Gasteiger charge is 2.00. The van der Waals surface area contributed by atoms with Gasteiger partial charge in [0, 0.05) is 6.61 Å². The second-order valence-corrected chi connectivity index (χ2v) is 2.71. The summed E-state index contributed by atoms with van der Waals surface area (Å²) >= 11 is 0. The van der Waals surface area contributed by atoms with Gasteiger partial charge in [-0.15, -0.1) is 0 Å². The number of nitrogen functional groups attached to an aromatic ring is 1. The fourth-order valence-corrected chi connectivity index (χ4v) is 0.932. The SMILES string of the molecule is CCCOCc1nc(C)nc(N)n1. The van der Waals surface area contributed by atoms with E-state index >= 15 is 0 Å². The van der Waals surface area contributed by atoms with Crippen molar-refractivity contribution in [2.24, 2.45) is 0 Å². The molecule has 1 aromatic heterocycles. The van der Waals surface area contributed by atoms with E-state index in [1.54, 1.807) is 6.92 Å². The van der Waals surface area contributed by atoms with Crippen molar-refractivity contribution in [1.82, 2.24) is 15.0 Å². The summed E-state index contributed by atoms with van der Waals surface area (Å²) < 4.78 is 5.27. The smallest absolute Gasteiger partial charge is 0.223 e. The molecule has 0 aliphatic heterocycles. The Labute approximate surface area is 77.4 Å². The Bertz CT molecular complexity index is 257. The van der Waals surface area contributed by atoms with Gasteiger partial charge in [0.05, 0.1) is 0 Å². The number of nitrogens with zero attached hydrogens (tertiary/aromatic N) is 3. The molecule has 0 amide bonds. The van der Waals surface area contributed by atoms with Gasteiger partial charge in [0.25, 0.3) is 0 Å². The Morgan fingerprint density at radius 1 is 1.31 bits per heavy atom. The molecule has 2 N–H and O–H groups in total. The zero-order valence-corrected chi connectivity index (χ0v) is 7.95. The lowest BCUT2D eigenvalue weighted by atomic mass is 10.5. The lowest BCUT2D eigenvalue weighted by Crippen LogP contribution is -2.06. The fraction of sp³-hybridized carbons (Fsp3) is 0.625. The third-order valence-electron chi connectivity index (χ3n) is 1.39. The molecule has 0 atom stereocenters. The minimum absolute atomic E-state index is 0.252. The third kappa shape index (κ3) is 3.33. The topological polar surface area (TPSA) is 73.9 Å². The van der Waals surface area contributed by atoms with Crippen LogP contribution in [0.4, 0.5) is 5.95 Å². The highest BCUT2D eigenvalue weighted by Crippen LogP contribution is 1.98. The van der Waals surface area contributed by atoms with Crippen molar-refractivity contribution >= 4 is 5.95 Å². The summed E-state index contributed by atoms with van der Waals surface area (Å²) in [4.78, 5) is 11.9. The van der Waals surface area contributed by atoms with E-state index in [0.717, 1.165) is 6.42 Å². The molecule has 0 fully saturated rings. The van der Waals surface area contributed by atoms with E-state index < -0.39 is 0 Å². The molecule has 5 heteroatoms. The van der Waals surface area contributed by atoms with Crippen LogP contribution in [0.2, 0.25) is 0 Å². The first-order valence-electron chi connectivity index (χ1n) is 4.27. The maximum Gasteiger partial charge on any atom is 0.223 e. The Kier molecular flexibility index (Phi) is 3.57. The molecule has 0 saturated carbocycles. The van der Waals surface area contributed by atoms with Crippen LogP contribution in [0, 0.1) is 6.92 Å². The number of aromatic nitrogens is 3. The molecule has 1 rings (SSSR count). The second kappa shape index (κ2) is 4.71. The van der Waals surface area contributed by atoms with Crippen molar-refractivity contribution in [1.29, 1.82) is 0 Å². The minimum atomic E-state index is 0.252. The van der Waals surface area contributed by atoms with Gasteiger partial charge in [0.1, 0.15) is 12.4 Å².